The monoisotopic (exact) mass is 453 g/mol. The number of Topliss-reactive ketones (excluding diaryl/α,β-unsaturated/α-hetero) is 1. The molecule has 1 fully saturated rings. The summed E-state index contributed by atoms with van der Waals surface area (Å²) in [6.07, 6.45) is 0.614. The maximum Gasteiger partial charge on any atom is 0.295 e. The van der Waals surface area contributed by atoms with Crippen molar-refractivity contribution in [2.75, 3.05) is 33.8 Å². The summed E-state index contributed by atoms with van der Waals surface area (Å²) in [6.45, 7) is 3.26. The van der Waals surface area contributed by atoms with Gasteiger partial charge in [0.2, 0.25) is 0 Å². The Balaban J connectivity index is 2.09. The zero-order valence-corrected chi connectivity index (χ0v) is 18.9. The van der Waals surface area contributed by atoms with Crippen LogP contribution >= 0.6 is 0 Å². The number of aliphatic hydroxyl groups is 1. The molecule has 1 aliphatic rings. The molecule has 1 unspecified atom stereocenters. The number of aliphatic hydroxyl groups excluding tert-OH is 1. The Hall–Kier alpha value is -3.72. The van der Waals surface area contributed by atoms with E-state index in [1.807, 2.05) is 25.9 Å². The topological polar surface area (TPSA) is 113 Å². The van der Waals surface area contributed by atoms with E-state index in [9.17, 15) is 24.8 Å². The second-order valence-electron chi connectivity index (χ2n) is 7.96. The van der Waals surface area contributed by atoms with E-state index in [0.29, 0.717) is 43.0 Å². The van der Waals surface area contributed by atoms with Crippen LogP contribution in [0.25, 0.3) is 5.76 Å². The summed E-state index contributed by atoms with van der Waals surface area (Å²) < 4.78 is 5.49. The van der Waals surface area contributed by atoms with Crippen LogP contribution in [0.15, 0.2) is 54.1 Å². The molecular weight excluding hydrogens is 426 g/mol. The molecule has 9 nitrogen and oxygen atoms in total. The number of amides is 1. The third-order valence-electron chi connectivity index (χ3n) is 5.38. The predicted molar refractivity (Wildman–Crippen MR) is 123 cm³/mol. The number of nitrogens with zero attached hydrogens (tertiary/aromatic N) is 3. The zero-order valence-electron chi connectivity index (χ0n) is 18.9. The average molecular weight is 453 g/mol. The molecule has 2 aromatic rings. The lowest BCUT2D eigenvalue weighted by Gasteiger charge is -2.26. The van der Waals surface area contributed by atoms with Crippen molar-refractivity contribution in [3.8, 4) is 5.75 Å². The lowest BCUT2D eigenvalue weighted by molar-refractivity contribution is -0.384. The fraction of sp³-hybridized carbons (Fsp3) is 0.333. The lowest BCUT2D eigenvalue weighted by atomic mass is 9.95. The van der Waals surface area contributed by atoms with Crippen LogP contribution in [0.5, 0.6) is 5.75 Å². The minimum Gasteiger partial charge on any atom is -0.507 e. The van der Waals surface area contributed by atoms with Crippen molar-refractivity contribution in [3.05, 3.63) is 75.3 Å². The predicted octanol–water partition coefficient (Wildman–Crippen LogP) is 3.37. The number of carbonyl (C=O) groups excluding carboxylic acids is 2. The van der Waals surface area contributed by atoms with Crippen molar-refractivity contribution in [2.24, 2.45) is 0 Å². The van der Waals surface area contributed by atoms with Gasteiger partial charge in [0.1, 0.15) is 11.5 Å². The van der Waals surface area contributed by atoms with Crippen LogP contribution in [0.1, 0.15) is 30.5 Å². The van der Waals surface area contributed by atoms with Crippen LogP contribution in [-0.4, -0.2) is 65.3 Å². The molecule has 1 heterocycles. The van der Waals surface area contributed by atoms with Crippen LogP contribution < -0.4 is 4.74 Å². The zero-order chi connectivity index (χ0) is 24.1. The highest BCUT2D eigenvalue weighted by Crippen LogP contribution is 2.40. The molecule has 1 aliphatic heterocycles. The molecular formula is C24H27N3O6. The molecule has 0 radical (unpaired) electrons. The summed E-state index contributed by atoms with van der Waals surface area (Å²) in [4.78, 5) is 39.9. The molecule has 0 aliphatic carbocycles. The standard InChI is InChI=1S/C24H27N3O6/c1-4-33-19-8-5-7-17(15-19)22(28)20-21(16-9-11-18(12-10-16)27(31)32)26(24(30)23(20)29)14-6-13-25(2)3/h5,7-12,15,21,28H,4,6,13-14H2,1-3H3/b22-20+. The fourth-order valence-corrected chi connectivity index (χ4v) is 3.85. The Bertz CT molecular complexity index is 1080. The van der Waals surface area contributed by atoms with E-state index in [0.717, 1.165) is 0 Å². The number of nitro benzene ring substituents is 1. The van der Waals surface area contributed by atoms with E-state index < -0.39 is 22.7 Å². The molecule has 174 valence electrons. The van der Waals surface area contributed by atoms with Gasteiger partial charge in [0.15, 0.2) is 0 Å². The quantitative estimate of drug-likeness (QED) is 0.204. The number of nitro groups is 1. The highest BCUT2D eigenvalue weighted by molar-refractivity contribution is 6.46. The Labute approximate surface area is 192 Å². The van der Waals surface area contributed by atoms with E-state index in [1.54, 1.807) is 24.3 Å². The molecule has 1 saturated heterocycles. The highest BCUT2D eigenvalue weighted by atomic mass is 16.6. The summed E-state index contributed by atoms with van der Waals surface area (Å²) in [5.74, 6) is -1.29. The van der Waals surface area contributed by atoms with E-state index in [4.69, 9.17) is 4.74 Å². The van der Waals surface area contributed by atoms with E-state index in [2.05, 4.69) is 0 Å². The summed E-state index contributed by atoms with van der Waals surface area (Å²) in [7, 11) is 3.82. The van der Waals surface area contributed by atoms with Crippen LogP contribution in [-0.2, 0) is 9.59 Å². The number of carbonyl (C=O) groups is 2. The van der Waals surface area contributed by atoms with Crippen LogP contribution in [0, 0.1) is 10.1 Å². The number of hydrogen-bond acceptors (Lipinski definition) is 7. The number of non-ortho nitro benzene ring substituents is 1. The first kappa shape index (κ1) is 23.9. The molecule has 0 aromatic heterocycles. The van der Waals surface area contributed by atoms with E-state index in [1.165, 1.54) is 29.2 Å². The maximum absolute atomic E-state index is 13.0. The summed E-state index contributed by atoms with van der Waals surface area (Å²) >= 11 is 0. The molecule has 33 heavy (non-hydrogen) atoms. The summed E-state index contributed by atoms with van der Waals surface area (Å²) in [5, 5.41) is 22.2. The highest BCUT2D eigenvalue weighted by Gasteiger charge is 2.45. The Morgan fingerprint density at radius 3 is 2.48 bits per heavy atom. The van der Waals surface area contributed by atoms with Gasteiger partial charge in [0.25, 0.3) is 17.4 Å². The lowest BCUT2D eigenvalue weighted by Crippen LogP contribution is -2.32. The van der Waals surface area contributed by atoms with E-state index in [-0.39, 0.29) is 17.0 Å². The van der Waals surface area contributed by atoms with Gasteiger partial charge < -0.3 is 19.6 Å². The number of hydrogen-bond donors (Lipinski definition) is 1. The van der Waals surface area contributed by atoms with Gasteiger partial charge in [0.05, 0.1) is 23.1 Å². The summed E-state index contributed by atoms with van der Waals surface area (Å²) in [5.41, 5.74) is 0.700. The van der Waals surface area contributed by atoms with Gasteiger partial charge in [-0.15, -0.1) is 0 Å². The molecule has 1 atom stereocenters. The second kappa shape index (κ2) is 10.3. The first-order valence-corrected chi connectivity index (χ1v) is 10.6. The molecule has 9 heteroatoms. The van der Waals surface area contributed by atoms with Crippen molar-refractivity contribution in [1.82, 2.24) is 9.80 Å². The van der Waals surface area contributed by atoms with Crippen molar-refractivity contribution < 1.29 is 24.4 Å². The van der Waals surface area contributed by atoms with Gasteiger partial charge in [-0.3, -0.25) is 19.7 Å². The van der Waals surface area contributed by atoms with Gasteiger partial charge in [-0.05, 0) is 63.8 Å². The van der Waals surface area contributed by atoms with Crippen LogP contribution in [0.3, 0.4) is 0 Å². The summed E-state index contributed by atoms with van der Waals surface area (Å²) in [6, 6.07) is 11.5. The average Bonchev–Trinajstić information content (AvgIpc) is 3.04. The van der Waals surface area contributed by atoms with Crippen molar-refractivity contribution in [1.29, 1.82) is 0 Å². The molecule has 1 amide bonds. The van der Waals surface area contributed by atoms with Gasteiger partial charge >= 0.3 is 0 Å². The first-order valence-electron chi connectivity index (χ1n) is 10.6. The van der Waals surface area contributed by atoms with Crippen LogP contribution in [0.2, 0.25) is 0 Å². The SMILES string of the molecule is CCOc1cccc(/C(O)=C2\C(=O)C(=O)N(CCCN(C)C)C2c2ccc([N+](=O)[O-])cc2)c1. The van der Waals surface area contributed by atoms with Gasteiger partial charge in [-0.2, -0.15) is 0 Å². The molecule has 1 N–H and O–H groups in total. The largest absolute Gasteiger partial charge is 0.507 e. The number of ketones is 1. The minimum absolute atomic E-state index is 0.0487. The fourth-order valence-electron chi connectivity index (χ4n) is 3.85. The smallest absolute Gasteiger partial charge is 0.295 e. The molecule has 0 bridgehead atoms. The normalized spacial score (nSPS) is 17.6. The number of ether oxygens (including phenoxy) is 1. The van der Waals surface area contributed by atoms with Gasteiger partial charge in [-0.1, -0.05) is 12.1 Å². The van der Waals surface area contributed by atoms with E-state index >= 15 is 0 Å². The van der Waals surface area contributed by atoms with Crippen molar-refractivity contribution in [3.63, 3.8) is 0 Å². The Morgan fingerprint density at radius 1 is 1.18 bits per heavy atom. The Morgan fingerprint density at radius 2 is 1.88 bits per heavy atom. The van der Waals surface area contributed by atoms with Gasteiger partial charge in [0, 0.05) is 24.2 Å². The number of likely N-dealkylation sites (tertiary alicyclic amines) is 1. The second-order valence-corrected chi connectivity index (χ2v) is 7.96. The third-order valence-corrected chi connectivity index (χ3v) is 5.38. The number of benzene rings is 2. The third kappa shape index (κ3) is 5.20. The Kier molecular flexibility index (Phi) is 7.44. The van der Waals surface area contributed by atoms with Gasteiger partial charge in [-0.25, -0.2) is 0 Å². The van der Waals surface area contributed by atoms with Crippen molar-refractivity contribution in [2.45, 2.75) is 19.4 Å². The molecule has 2 aromatic carbocycles. The minimum atomic E-state index is -0.858. The first-order chi connectivity index (χ1) is 15.7. The van der Waals surface area contributed by atoms with Crippen LogP contribution in [0.4, 0.5) is 5.69 Å². The molecule has 0 spiro atoms. The molecule has 0 saturated carbocycles. The molecule has 3 rings (SSSR count). The number of rotatable bonds is 9. The maximum atomic E-state index is 13.0. The van der Waals surface area contributed by atoms with Crippen molar-refractivity contribution >= 4 is 23.1 Å².